The molecule has 1 saturated heterocycles. The molecule has 1 aliphatic rings. The minimum atomic E-state index is 0. The maximum Gasteiger partial charge on any atom is 0.222 e. The minimum absolute atomic E-state index is 0. The molecular weight excluding hydrogens is 276 g/mol. The van der Waals surface area contributed by atoms with Crippen LogP contribution in [0.1, 0.15) is 18.4 Å². The second kappa shape index (κ2) is 8.12. The van der Waals surface area contributed by atoms with Crippen molar-refractivity contribution in [1.82, 2.24) is 4.90 Å². The number of hydrogen-bond acceptors (Lipinski definition) is 3. The molecule has 2 N–H and O–H groups in total. The zero-order valence-corrected chi connectivity index (χ0v) is 12.7. The third-order valence-corrected chi connectivity index (χ3v) is 3.70. The number of methoxy groups -OCH3 is 1. The predicted octanol–water partition coefficient (Wildman–Crippen LogP) is 2.12. The molecule has 1 atom stereocenters. The van der Waals surface area contributed by atoms with E-state index in [9.17, 15) is 4.79 Å². The van der Waals surface area contributed by atoms with Gasteiger partial charge < -0.3 is 15.4 Å². The van der Waals surface area contributed by atoms with Gasteiger partial charge in [0.15, 0.2) is 0 Å². The summed E-state index contributed by atoms with van der Waals surface area (Å²) in [5.74, 6) is 0.720. The van der Waals surface area contributed by atoms with Crippen LogP contribution in [0, 0.1) is 5.92 Å². The Balaban J connectivity index is 0.00000200. The molecule has 0 aliphatic carbocycles. The van der Waals surface area contributed by atoms with E-state index in [-0.39, 0.29) is 18.3 Å². The summed E-state index contributed by atoms with van der Waals surface area (Å²) < 4.78 is 5.14. The largest absolute Gasteiger partial charge is 0.399 e. The van der Waals surface area contributed by atoms with Crippen LogP contribution in [0.5, 0.6) is 0 Å². The maximum absolute atomic E-state index is 12.1. The Hall–Kier alpha value is -1.26. The lowest BCUT2D eigenvalue weighted by Crippen LogP contribution is -2.29. The Kier molecular flexibility index (Phi) is 6.82. The monoisotopic (exact) mass is 298 g/mol. The van der Waals surface area contributed by atoms with Crippen LogP contribution in [0.2, 0.25) is 0 Å². The average molecular weight is 299 g/mol. The summed E-state index contributed by atoms with van der Waals surface area (Å²) in [6, 6.07) is 7.74. The van der Waals surface area contributed by atoms with E-state index in [1.54, 1.807) is 7.11 Å². The average Bonchev–Trinajstić information content (AvgIpc) is 2.87. The molecule has 1 aliphatic heterocycles. The number of para-hydroxylation sites is 1. The number of halogens is 1. The number of benzene rings is 1. The topological polar surface area (TPSA) is 55.6 Å². The van der Waals surface area contributed by atoms with Crippen LogP contribution in [-0.2, 0) is 16.0 Å². The van der Waals surface area contributed by atoms with Gasteiger partial charge in [-0.05, 0) is 24.5 Å². The van der Waals surface area contributed by atoms with Gasteiger partial charge >= 0.3 is 0 Å². The van der Waals surface area contributed by atoms with Crippen molar-refractivity contribution in [3.05, 3.63) is 29.8 Å². The quantitative estimate of drug-likeness (QED) is 0.847. The summed E-state index contributed by atoms with van der Waals surface area (Å²) in [4.78, 5) is 14.1. The highest BCUT2D eigenvalue weighted by Crippen LogP contribution is 2.19. The van der Waals surface area contributed by atoms with Crippen LogP contribution in [0.3, 0.4) is 0 Å². The predicted molar refractivity (Wildman–Crippen MR) is 83.0 cm³/mol. The van der Waals surface area contributed by atoms with Crippen LogP contribution in [0.25, 0.3) is 0 Å². The fourth-order valence-electron chi connectivity index (χ4n) is 2.59. The standard InChI is InChI=1S/C15H22N2O2.ClH/c1-19-11-12-8-9-17(10-12)15(18)7-6-13-4-2-3-5-14(13)16;/h2-5,12H,6-11,16H2,1H3;1H. The van der Waals surface area contributed by atoms with Crippen molar-refractivity contribution < 1.29 is 9.53 Å². The number of hydrogen-bond donors (Lipinski definition) is 1. The zero-order valence-electron chi connectivity index (χ0n) is 11.9. The second-order valence-electron chi connectivity index (χ2n) is 5.15. The fourth-order valence-corrected chi connectivity index (χ4v) is 2.59. The fraction of sp³-hybridized carbons (Fsp3) is 0.533. The van der Waals surface area contributed by atoms with E-state index in [2.05, 4.69) is 0 Å². The number of carbonyl (C=O) groups is 1. The molecule has 1 aromatic rings. The number of nitrogen functional groups attached to an aromatic ring is 1. The molecule has 0 radical (unpaired) electrons. The molecule has 1 aromatic carbocycles. The van der Waals surface area contributed by atoms with Crippen LogP contribution < -0.4 is 5.73 Å². The van der Waals surface area contributed by atoms with Gasteiger partial charge in [-0.25, -0.2) is 0 Å². The van der Waals surface area contributed by atoms with E-state index in [4.69, 9.17) is 10.5 Å². The van der Waals surface area contributed by atoms with Crippen molar-refractivity contribution in [3.63, 3.8) is 0 Å². The molecule has 1 heterocycles. The first kappa shape index (κ1) is 16.8. The first-order valence-electron chi connectivity index (χ1n) is 6.80. The van der Waals surface area contributed by atoms with Crippen LogP contribution in [-0.4, -0.2) is 37.6 Å². The van der Waals surface area contributed by atoms with Crippen LogP contribution >= 0.6 is 12.4 Å². The van der Waals surface area contributed by atoms with Gasteiger partial charge in [0, 0.05) is 38.2 Å². The van der Waals surface area contributed by atoms with Gasteiger partial charge in [0.2, 0.25) is 5.91 Å². The van der Waals surface area contributed by atoms with E-state index in [1.807, 2.05) is 29.2 Å². The van der Waals surface area contributed by atoms with E-state index in [0.717, 1.165) is 43.8 Å². The normalized spacial score (nSPS) is 17.9. The SMILES string of the molecule is COCC1CCN(C(=O)CCc2ccccc2N)C1.Cl. The lowest BCUT2D eigenvalue weighted by atomic mass is 10.1. The summed E-state index contributed by atoms with van der Waals surface area (Å²) in [7, 11) is 1.71. The molecular formula is C15H23ClN2O2. The number of nitrogens with two attached hydrogens (primary N) is 1. The number of rotatable bonds is 5. The van der Waals surface area contributed by atoms with Crippen molar-refractivity contribution in [2.45, 2.75) is 19.3 Å². The number of amides is 1. The van der Waals surface area contributed by atoms with Gasteiger partial charge in [-0.1, -0.05) is 18.2 Å². The molecule has 5 heteroatoms. The van der Waals surface area contributed by atoms with E-state index >= 15 is 0 Å². The molecule has 0 bridgehead atoms. The Morgan fingerprint density at radius 1 is 1.45 bits per heavy atom. The Bertz CT molecular complexity index is 440. The van der Waals surface area contributed by atoms with Crippen molar-refractivity contribution in [2.75, 3.05) is 32.5 Å². The number of aryl methyl sites for hydroxylation is 1. The van der Waals surface area contributed by atoms with Gasteiger partial charge in [-0.3, -0.25) is 4.79 Å². The molecule has 0 spiro atoms. The van der Waals surface area contributed by atoms with E-state index in [1.165, 1.54) is 0 Å². The number of likely N-dealkylation sites (tertiary alicyclic amines) is 1. The van der Waals surface area contributed by atoms with Crippen molar-refractivity contribution >= 4 is 24.0 Å². The summed E-state index contributed by atoms with van der Waals surface area (Å²) in [5.41, 5.74) is 7.71. The second-order valence-corrected chi connectivity index (χ2v) is 5.15. The number of ether oxygens (including phenoxy) is 1. The molecule has 0 aromatic heterocycles. The first-order valence-corrected chi connectivity index (χ1v) is 6.80. The summed E-state index contributed by atoms with van der Waals surface area (Å²) in [6.07, 6.45) is 2.30. The van der Waals surface area contributed by atoms with Gasteiger partial charge in [-0.15, -0.1) is 12.4 Å². The lowest BCUT2D eigenvalue weighted by Gasteiger charge is -2.16. The molecule has 2 rings (SSSR count). The molecule has 112 valence electrons. The maximum atomic E-state index is 12.1. The Morgan fingerprint density at radius 2 is 2.20 bits per heavy atom. The number of carbonyl (C=O) groups excluding carboxylic acids is 1. The molecule has 1 amide bonds. The van der Waals surface area contributed by atoms with Crippen LogP contribution in [0.15, 0.2) is 24.3 Å². The van der Waals surface area contributed by atoms with Gasteiger partial charge in [-0.2, -0.15) is 0 Å². The Morgan fingerprint density at radius 3 is 2.90 bits per heavy atom. The highest BCUT2D eigenvalue weighted by atomic mass is 35.5. The Labute approximate surface area is 126 Å². The highest BCUT2D eigenvalue weighted by Gasteiger charge is 2.25. The van der Waals surface area contributed by atoms with Gasteiger partial charge in [0.25, 0.3) is 0 Å². The molecule has 0 saturated carbocycles. The summed E-state index contributed by atoms with van der Waals surface area (Å²) in [6.45, 7) is 2.43. The van der Waals surface area contributed by atoms with Crippen LogP contribution in [0.4, 0.5) is 5.69 Å². The third-order valence-electron chi connectivity index (χ3n) is 3.70. The highest BCUT2D eigenvalue weighted by molar-refractivity contribution is 5.85. The molecule has 1 unspecified atom stereocenters. The van der Waals surface area contributed by atoms with Crippen molar-refractivity contribution in [2.24, 2.45) is 5.92 Å². The molecule has 4 nitrogen and oxygen atoms in total. The third kappa shape index (κ3) is 4.39. The lowest BCUT2D eigenvalue weighted by molar-refractivity contribution is -0.130. The van der Waals surface area contributed by atoms with Crippen molar-refractivity contribution in [1.29, 1.82) is 0 Å². The molecule has 1 fully saturated rings. The number of nitrogens with zero attached hydrogens (tertiary/aromatic N) is 1. The summed E-state index contributed by atoms with van der Waals surface area (Å²) in [5, 5.41) is 0. The van der Waals surface area contributed by atoms with E-state index < -0.39 is 0 Å². The van der Waals surface area contributed by atoms with E-state index in [0.29, 0.717) is 12.3 Å². The summed E-state index contributed by atoms with van der Waals surface area (Å²) >= 11 is 0. The smallest absolute Gasteiger partial charge is 0.222 e. The van der Waals surface area contributed by atoms with Gasteiger partial charge in [0.1, 0.15) is 0 Å². The molecule has 20 heavy (non-hydrogen) atoms. The van der Waals surface area contributed by atoms with Crippen molar-refractivity contribution in [3.8, 4) is 0 Å². The zero-order chi connectivity index (χ0) is 13.7. The minimum Gasteiger partial charge on any atom is -0.399 e. The van der Waals surface area contributed by atoms with Gasteiger partial charge in [0.05, 0.1) is 6.61 Å². The first-order chi connectivity index (χ1) is 9.20. The number of anilines is 1.